The fraction of sp³-hybridized carbons (Fsp3) is 0.160. The smallest absolute Gasteiger partial charge is 0.223 e. The minimum Gasteiger partial charge on any atom is -0.352 e. The molecule has 2 heterocycles. The first-order valence-electron chi connectivity index (χ1n) is 10.2. The second kappa shape index (κ2) is 10.1. The monoisotopic (exact) mass is 428 g/mol. The lowest BCUT2D eigenvalue weighted by atomic mass is 10.1. The predicted octanol–water partition coefficient (Wildman–Crippen LogP) is 4.98. The minimum absolute atomic E-state index is 0.0385. The Labute approximate surface area is 186 Å². The van der Waals surface area contributed by atoms with E-state index in [9.17, 15) is 4.79 Å². The number of benzene rings is 2. The van der Waals surface area contributed by atoms with Crippen LogP contribution in [0.5, 0.6) is 0 Å². The zero-order valence-corrected chi connectivity index (χ0v) is 18.1. The molecule has 1 unspecified atom stereocenters. The first-order valence-corrected chi connectivity index (χ1v) is 11.2. The molecule has 5 nitrogen and oxygen atoms in total. The van der Waals surface area contributed by atoms with E-state index in [-0.39, 0.29) is 11.8 Å². The normalized spacial score (nSPS) is 11.8. The van der Waals surface area contributed by atoms with Crippen LogP contribution in [0.4, 0.5) is 0 Å². The number of amides is 1. The summed E-state index contributed by atoms with van der Waals surface area (Å²) in [6.07, 6.45) is 5.49. The Morgan fingerprint density at radius 1 is 1.00 bits per heavy atom. The van der Waals surface area contributed by atoms with Crippen molar-refractivity contribution in [1.29, 1.82) is 0 Å². The molecule has 0 radical (unpaired) electrons. The third kappa shape index (κ3) is 5.41. The minimum atomic E-state index is -0.0984. The summed E-state index contributed by atoms with van der Waals surface area (Å²) < 4.78 is 1.85. The van der Waals surface area contributed by atoms with Crippen LogP contribution in [0.1, 0.15) is 12.5 Å². The molecule has 0 fully saturated rings. The third-order valence-corrected chi connectivity index (χ3v) is 6.18. The van der Waals surface area contributed by atoms with Crippen molar-refractivity contribution < 1.29 is 4.79 Å². The second-order valence-electron chi connectivity index (χ2n) is 7.26. The highest BCUT2D eigenvalue weighted by Crippen LogP contribution is 2.24. The van der Waals surface area contributed by atoms with E-state index in [0.717, 1.165) is 28.3 Å². The quantitative estimate of drug-likeness (QED) is 0.402. The molecule has 2 aromatic carbocycles. The molecule has 4 rings (SSSR count). The zero-order chi connectivity index (χ0) is 21.5. The number of hydrogen-bond acceptors (Lipinski definition) is 4. The first kappa shape index (κ1) is 20.9. The van der Waals surface area contributed by atoms with Crippen LogP contribution in [0.3, 0.4) is 0 Å². The number of thioether (sulfide) groups is 1. The number of rotatable bonds is 8. The number of hydrogen-bond donors (Lipinski definition) is 1. The van der Waals surface area contributed by atoms with Crippen LogP contribution in [-0.4, -0.2) is 26.4 Å². The molecule has 0 aliphatic heterocycles. The molecule has 0 spiro atoms. The van der Waals surface area contributed by atoms with Gasteiger partial charge < -0.3 is 5.32 Å². The maximum absolute atomic E-state index is 12.7. The van der Waals surface area contributed by atoms with E-state index >= 15 is 0 Å². The summed E-state index contributed by atoms with van der Waals surface area (Å²) in [4.78, 5) is 18.0. The van der Waals surface area contributed by atoms with Gasteiger partial charge in [-0.1, -0.05) is 43.3 Å². The Morgan fingerprint density at radius 2 is 1.68 bits per heavy atom. The molecule has 1 amide bonds. The van der Waals surface area contributed by atoms with Crippen molar-refractivity contribution in [3.63, 3.8) is 0 Å². The summed E-state index contributed by atoms with van der Waals surface area (Å²) >= 11 is 1.70. The van der Waals surface area contributed by atoms with Gasteiger partial charge in [-0.15, -0.1) is 11.8 Å². The van der Waals surface area contributed by atoms with Crippen molar-refractivity contribution >= 4 is 17.7 Å². The van der Waals surface area contributed by atoms with E-state index in [1.165, 1.54) is 4.90 Å². The number of carbonyl (C=O) groups excluding carboxylic acids is 1. The Balaban J connectivity index is 1.46. The van der Waals surface area contributed by atoms with Gasteiger partial charge in [-0.05, 0) is 36.4 Å². The van der Waals surface area contributed by atoms with Crippen molar-refractivity contribution in [2.24, 2.45) is 5.92 Å². The van der Waals surface area contributed by atoms with Crippen LogP contribution in [0.15, 0.2) is 96.3 Å². The van der Waals surface area contributed by atoms with Crippen LogP contribution < -0.4 is 5.32 Å². The molecule has 31 heavy (non-hydrogen) atoms. The molecular formula is C25H24N4OS. The zero-order valence-electron chi connectivity index (χ0n) is 17.3. The topological polar surface area (TPSA) is 59.8 Å². The molecule has 1 atom stereocenters. The van der Waals surface area contributed by atoms with Crippen LogP contribution in [0.25, 0.3) is 16.9 Å². The molecule has 4 aromatic rings. The molecular weight excluding hydrogens is 404 g/mol. The van der Waals surface area contributed by atoms with Gasteiger partial charge in [0.05, 0.1) is 11.4 Å². The molecule has 0 aliphatic rings. The number of nitrogens with zero attached hydrogens (tertiary/aromatic N) is 3. The molecule has 1 N–H and O–H groups in total. The Kier molecular flexibility index (Phi) is 6.79. The van der Waals surface area contributed by atoms with Gasteiger partial charge in [0.1, 0.15) is 0 Å². The summed E-state index contributed by atoms with van der Waals surface area (Å²) in [7, 11) is 0. The number of para-hydroxylation sites is 1. The van der Waals surface area contributed by atoms with Gasteiger partial charge >= 0.3 is 0 Å². The van der Waals surface area contributed by atoms with E-state index in [1.807, 2.05) is 78.5 Å². The lowest BCUT2D eigenvalue weighted by Gasteiger charge is -2.12. The number of pyridine rings is 1. The summed E-state index contributed by atoms with van der Waals surface area (Å²) in [5.41, 5.74) is 3.76. The molecule has 0 saturated heterocycles. The Hall–Kier alpha value is -3.38. The van der Waals surface area contributed by atoms with Crippen LogP contribution in [-0.2, 0) is 11.3 Å². The lowest BCUT2D eigenvalue weighted by molar-refractivity contribution is -0.124. The highest BCUT2D eigenvalue weighted by atomic mass is 32.2. The van der Waals surface area contributed by atoms with Crippen LogP contribution >= 0.6 is 11.8 Å². The van der Waals surface area contributed by atoms with Crippen molar-refractivity contribution in [2.75, 3.05) is 5.75 Å². The van der Waals surface area contributed by atoms with E-state index in [1.54, 1.807) is 24.2 Å². The van der Waals surface area contributed by atoms with E-state index < -0.39 is 0 Å². The second-order valence-corrected chi connectivity index (χ2v) is 8.36. The molecule has 2 aromatic heterocycles. The van der Waals surface area contributed by atoms with E-state index in [2.05, 4.69) is 22.4 Å². The Morgan fingerprint density at radius 3 is 2.39 bits per heavy atom. The van der Waals surface area contributed by atoms with E-state index in [4.69, 9.17) is 5.10 Å². The highest BCUT2D eigenvalue weighted by Gasteiger charge is 2.16. The first-order chi connectivity index (χ1) is 15.2. The van der Waals surface area contributed by atoms with Crippen LogP contribution in [0.2, 0.25) is 0 Å². The van der Waals surface area contributed by atoms with Gasteiger partial charge in [-0.3, -0.25) is 9.78 Å². The maximum atomic E-state index is 12.7. The van der Waals surface area contributed by atoms with Gasteiger partial charge in [0.15, 0.2) is 0 Å². The van der Waals surface area contributed by atoms with Gasteiger partial charge in [0.25, 0.3) is 0 Å². The average molecular weight is 429 g/mol. The van der Waals surface area contributed by atoms with Gasteiger partial charge in [-0.2, -0.15) is 5.10 Å². The maximum Gasteiger partial charge on any atom is 0.223 e. The molecule has 0 aliphatic carbocycles. The van der Waals surface area contributed by atoms with Crippen molar-refractivity contribution in [3.05, 3.63) is 97.0 Å². The average Bonchev–Trinajstić information content (AvgIpc) is 3.27. The number of nitrogens with one attached hydrogen (secondary N) is 1. The van der Waals surface area contributed by atoms with E-state index in [0.29, 0.717) is 6.54 Å². The summed E-state index contributed by atoms with van der Waals surface area (Å²) in [5.74, 6) is 0.673. The molecule has 0 saturated carbocycles. The predicted molar refractivity (Wildman–Crippen MR) is 125 cm³/mol. The standard InChI is InChI=1S/C25H24N4OS/c1-19(18-31-23-10-6-3-7-11-23)25(30)27-16-21-17-29(22-8-4-2-5-9-22)28-24(21)20-12-14-26-15-13-20/h2-15,17,19H,16,18H2,1H3,(H,27,30). The molecule has 156 valence electrons. The lowest BCUT2D eigenvalue weighted by Crippen LogP contribution is -2.30. The Bertz CT molecular complexity index is 1110. The van der Waals surface area contributed by atoms with Crippen molar-refractivity contribution in [1.82, 2.24) is 20.1 Å². The van der Waals surface area contributed by atoms with Crippen LogP contribution in [0, 0.1) is 5.92 Å². The third-order valence-electron chi connectivity index (χ3n) is 4.91. The number of aromatic nitrogens is 3. The van der Waals surface area contributed by atoms with Crippen molar-refractivity contribution in [2.45, 2.75) is 18.4 Å². The largest absolute Gasteiger partial charge is 0.352 e. The SMILES string of the molecule is CC(CSc1ccccc1)C(=O)NCc1cn(-c2ccccc2)nc1-c1ccncc1. The summed E-state index contributed by atoms with van der Waals surface area (Å²) in [6.45, 7) is 2.38. The van der Waals surface area contributed by atoms with Gasteiger partial charge in [0, 0.05) is 52.8 Å². The van der Waals surface area contributed by atoms with Gasteiger partial charge in [-0.25, -0.2) is 4.68 Å². The van der Waals surface area contributed by atoms with Crippen molar-refractivity contribution in [3.8, 4) is 16.9 Å². The highest BCUT2D eigenvalue weighted by molar-refractivity contribution is 7.99. The summed E-state index contributed by atoms with van der Waals surface area (Å²) in [6, 6.07) is 24.0. The van der Waals surface area contributed by atoms with Gasteiger partial charge in [0.2, 0.25) is 5.91 Å². The molecule has 0 bridgehead atoms. The molecule has 6 heteroatoms. The number of carbonyl (C=O) groups is 1. The fourth-order valence-electron chi connectivity index (χ4n) is 3.18. The fourth-order valence-corrected chi connectivity index (χ4v) is 4.12. The summed E-state index contributed by atoms with van der Waals surface area (Å²) in [5, 5.41) is 7.87.